The summed E-state index contributed by atoms with van der Waals surface area (Å²) in [5, 5.41) is 9.62. The van der Waals surface area contributed by atoms with Crippen LogP contribution < -0.4 is 4.74 Å². The maximum atomic E-state index is 8.86. The Kier molecular flexibility index (Phi) is 6.10. The average Bonchev–Trinajstić information content (AvgIpc) is 2.47. The third-order valence-electron chi connectivity index (χ3n) is 3.73. The van der Waals surface area contributed by atoms with Crippen LogP contribution in [0.2, 0.25) is 5.02 Å². The second-order valence-corrected chi connectivity index (χ2v) is 5.59. The van der Waals surface area contributed by atoms with E-state index >= 15 is 0 Å². The zero-order chi connectivity index (χ0) is 14.4. The topological polar surface area (TPSA) is 35.9 Å². The summed E-state index contributed by atoms with van der Waals surface area (Å²) in [6.07, 6.45) is 0.863. The molecule has 1 heterocycles. The molecule has 0 spiro atoms. The van der Waals surface area contributed by atoms with Crippen LogP contribution >= 0.6 is 11.6 Å². The standard InChI is InChI=1S/C15H23ClN2O2/c1-20-15-4-3-14(16)11-13(15)12-18-8-6-17(7-9-18)5-2-10-19/h3-4,11,19H,2,5-10,12H2,1H3. The fraction of sp³-hybridized carbons (Fsp3) is 0.600. The molecule has 5 heteroatoms. The lowest BCUT2D eigenvalue weighted by molar-refractivity contribution is 0.119. The molecule has 0 bridgehead atoms. The lowest BCUT2D eigenvalue weighted by Crippen LogP contribution is -2.46. The van der Waals surface area contributed by atoms with E-state index in [0.29, 0.717) is 0 Å². The molecule has 1 fully saturated rings. The molecule has 0 aliphatic carbocycles. The first kappa shape index (κ1) is 15.6. The fourth-order valence-electron chi connectivity index (χ4n) is 2.58. The van der Waals surface area contributed by atoms with Crippen LogP contribution in [0.15, 0.2) is 18.2 Å². The van der Waals surface area contributed by atoms with Crippen LogP contribution in [-0.2, 0) is 6.54 Å². The molecule has 20 heavy (non-hydrogen) atoms. The molecule has 1 aliphatic heterocycles. The minimum Gasteiger partial charge on any atom is -0.496 e. The molecule has 1 aliphatic rings. The number of ether oxygens (including phenoxy) is 1. The number of halogens is 1. The van der Waals surface area contributed by atoms with E-state index in [4.69, 9.17) is 21.4 Å². The summed E-state index contributed by atoms with van der Waals surface area (Å²) < 4.78 is 5.39. The van der Waals surface area contributed by atoms with E-state index in [9.17, 15) is 0 Å². The maximum Gasteiger partial charge on any atom is 0.123 e. The zero-order valence-electron chi connectivity index (χ0n) is 12.0. The van der Waals surface area contributed by atoms with Crippen LogP contribution in [0.4, 0.5) is 0 Å². The lowest BCUT2D eigenvalue weighted by Gasteiger charge is -2.34. The Morgan fingerprint density at radius 3 is 2.55 bits per heavy atom. The van der Waals surface area contributed by atoms with E-state index in [2.05, 4.69) is 9.80 Å². The highest BCUT2D eigenvalue weighted by Gasteiger charge is 2.17. The van der Waals surface area contributed by atoms with E-state index in [1.807, 2.05) is 18.2 Å². The monoisotopic (exact) mass is 298 g/mol. The minimum absolute atomic E-state index is 0.278. The van der Waals surface area contributed by atoms with Gasteiger partial charge in [-0.05, 0) is 24.6 Å². The van der Waals surface area contributed by atoms with Gasteiger partial charge in [0.15, 0.2) is 0 Å². The van der Waals surface area contributed by atoms with Gasteiger partial charge in [0, 0.05) is 56.5 Å². The minimum atomic E-state index is 0.278. The van der Waals surface area contributed by atoms with Crippen molar-refractivity contribution in [3.05, 3.63) is 28.8 Å². The number of nitrogens with zero attached hydrogens (tertiary/aromatic N) is 2. The third kappa shape index (κ3) is 4.35. The van der Waals surface area contributed by atoms with E-state index in [0.717, 1.165) is 62.0 Å². The fourth-order valence-corrected chi connectivity index (χ4v) is 2.77. The quantitative estimate of drug-likeness (QED) is 0.869. The average molecular weight is 299 g/mol. The molecule has 0 saturated carbocycles. The Morgan fingerprint density at radius 1 is 1.20 bits per heavy atom. The molecule has 1 aromatic carbocycles. The summed E-state index contributed by atoms with van der Waals surface area (Å²) >= 11 is 6.07. The number of hydrogen-bond acceptors (Lipinski definition) is 4. The molecule has 1 saturated heterocycles. The zero-order valence-corrected chi connectivity index (χ0v) is 12.8. The molecule has 112 valence electrons. The number of methoxy groups -OCH3 is 1. The largest absolute Gasteiger partial charge is 0.496 e. The summed E-state index contributed by atoms with van der Waals surface area (Å²) in [6.45, 7) is 6.34. The van der Waals surface area contributed by atoms with Gasteiger partial charge in [-0.15, -0.1) is 0 Å². The second-order valence-electron chi connectivity index (χ2n) is 5.15. The van der Waals surface area contributed by atoms with Crippen molar-refractivity contribution >= 4 is 11.6 Å². The molecule has 4 nitrogen and oxygen atoms in total. The molecular weight excluding hydrogens is 276 g/mol. The van der Waals surface area contributed by atoms with Gasteiger partial charge in [0.2, 0.25) is 0 Å². The molecule has 0 atom stereocenters. The van der Waals surface area contributed by atoms with Crippen molar-refractivity contribution in [2.24, 2.45) is 0 Å². The lowest BCUT2D eigenvalue weighted by atomic mass is 10.1. The Hall–Kier alpha value is -0.810. The Labute approximate surface area is 125 Å². The van der Waals surface area contributed by atoms with E-state index in [-0.39, 0.29) is 6.61 Å². The highest BCUT2D eigenvalue weighted by Crippen LogP contribution is 2.24. The number of piperazine rings is 1. The molecule has 1 N–H and O–H groups in total. The van der Waals surface area contributed by atoms with Gasteiger partial charge < -0.3 is 14.7 Å². The van der Waals surface area contributed by atoms with E-state index in [1.54, 1.807) is 7.11 Å². The van der Waals surface area contributed by atoms with Crippen LogP contribution in [-0.4, -0.2) is 61.3 Å². The van der Waals surface area contributed by atoms with Crippen molar-refractivity contribution < 1.29 is 9.84 Å². The number of aliphatic hydroxyl groups is 1. The van der Waals surface area contributed by atoms with Gasteiger partial charge in [-0.1, -0.05) is 11.6 Å². The number of benzene rings is 1. The van der Waals surface area contributed by atoms with Gasteiger partial charge in [0.1, 0.15) is 5.75 Å². The highest BCUT2D eigenvalue weighted by atomic mass is 35.5. The summed E-state index contributed by atoms with van der Waals surface area (Å²) in [7, 11) is 1.69. The molecule has 0 amide bonds. The van der Waals surface area contributed by atoms with Gasteiger partial charge in [-0.25, -0.2) is 0 Å². The van der Waals surface area contributed by atoms with Crippen LogP contribution in [0.5, 0.6) is 5.75 Å². The van der Waals surface area contributed by atoms with Crippen molar-refractivity contribution in [3.8, 4) is 5.75 Å². The number of aliphatic hydroxyl groups excluding tert-OH is 1. The first-order chi connectivity index (χ1) is 9.72. The Morgan fingerprint density at radius 2 is 1.90 bits per heavy atom. The molecule has 0 unspecified atom stereocenters. The van der Waals surface area contributed by atoms with Crippen LogP contribution in [0, 0.1) is 0 Å². The number of hydrogen-bond donors (Lipinski definition) is 1. The van der Waals surface area contributed by atoms with Crippen molar-refractivity contribution in [2.75, 3.05) is 46.4 Å². The SMILES string of the molecule is COc1ccc(Cl)cc1CN1CCN(CCCO)CC1. The molecule has 1 aromatic rings. The van der Waals surface area contributed by atoms with E-state index < -0.39 is 0 Å². The number of rotatable bonds is 6. The van der Waals surface area contributed by atoms with Crippen molar-refractivity contribution in [1.29, 1.82) is 0 Å². The van der Waals surface area contributed by atoms with Gasteiger partial charge in [-0.3, -0.25) is 4.90 Å². The predicted octanol–water partition coefficient (Wildman–Crippen LogP) is 1.85. The van der Waals surface area contributed by atoms with Gasteiger partial charge in [-0.2, -0.15) is 0 Å². The Bertz CT molecular complexity index is 420. The maximum absolute atomic E-state index is 8.86. The molecule has 0 aromatic heterocycles. The Balaban J connectivity index is 1.87. The summed E-state index contributed by atoms with van der Waals surface area (Å²) in [4.78, 5) is 4.82. The first-order valence-corrected chi connectivity index (χ1v) is 7.48. The third-order valence-corrected chi connectivity index (χ3v) is 3.97. The van der Waals surface area contributed by atoms with Crippen LogP contribution in [0.3, 0.4) is 0 Å². The summed E-state index contributed by atoms with van der Waals surface area (Å²) in [5.41, 5.74) is 1.14. The molecule has 0 radical (unpaired) electrons. The van der Waals surface area contributed by atoms with Crippen molar-refractivity contribution in [2.45, 2.75) is 13.0 Å². The van der Waals surface area contributed by atoms with Crippen molar-refractivity contribution in [1.82, 2.24) is 9.80 Å². The summed E-state index contributed by atoms with van der Waals surface area (Å²) in [6, 6.07) is 5.77. The van der Waals surface area contributed by atoms with Crippen LogP contribution in [0.25, 0.3) is 0 Å². The van der Waals surface area contributed by atoms with Crippen LogP contribution in [0.1, 0.15) is 12.0 Å². The van der Waals surface area contributed by atoms with Gasteiger partial charge in [0.25, 0.3) is 0 Å². The highest BCUT2D eigenvalue weighted by molar-refractivity contribution is 6.30. The van der Waals surface area contributed by atoms with E-state index in [1.165, 1.54) is 0 Å². The normalized spacial score (nSPS) is 17.4. The van der Waals surface area contributed by atoms with Gasteiger partial charge in [0.05, 0.1) is 7.11 Å². The molecular formula is C15H23ClN2O2. The summed E-state index contributed by atoms with van der Waals surface area (Å²) in [5.74, 6) is 0.900. The predicted molar refractivity (Wildman–Crippen MR) is 81.4 cm³/mol. The second kappa shape index (κ2) is 7.84. The van der Waals surface area contributed by atoms with Gasteiger partial charge >= 0.3 is 0 Å². The van der Waals surface area contributed by atoms with Crippen molar-refractivity contribution in [3.63, 3.8) is 0 Å². The molecule has 2 rings (SSSR count). The smallest absolute Gasteiger partial charge is 0.123 e. The first-order valence-electron chi connectivity index (χ1n) is 7.11.